The van der Waals surface area contributed by atoms with Gasteiger partial charge >= 0.3 is 0 Å². The fraction of sp³-hybridized carbons (Fsp3) is 0.438. The highest BCUT2D eigenvalue weighted by atomic mass is 32.1. The average Bonchev–Trinajstić information content (AvgIpc) is 2.40. The number of rotatable bonds is 7. The Morgan fingerprint density at radius 3 is 2.39 bits per heavy atom. The second-order valence-corrected chi connectivity index (χ2v) is 4.84. The normalized spacial score (nSPS) is 11.9. The number of benzene rings is 1. The zero-order chi connectivity index (χ0) is 13.4. The van der Waals surface area contributed by atoms with Gasteiger partial charge < -0.3 is 4.90 Å². The monoisotopic (exact) mass is 261 g/mol. The third-order valence-electron chi connectivity index (χ3n) is 3.20. The third kappa shape index (κ3) is 4.26. The molecule has 0 amide bonds. The van der Waals surface area contributed by atoms with E-state index in [9.17, 15) is 0 Å². The van der Waals surface area contributed by atoms with Crippen LogP contribution in [0.25, 0.3) is 0 Å². The van der Waals surface area contributed by atoms with Crippen LogP contribution in [0.1, 0.15) is 25.8 Å². The summed E-state index contributed by atoms with van der Waals surface area (Å²) >= 11 is 5.64. The van der Waals surface area contributed by atoms with Crippen LogP contribution in [-0.4, -0.2) is 23.0 Å². The summed E-state index contributed by atoms with van der Waals surface area (Å²) in [4.78, 5) is 3.34. The van der Waals surface area contributed by atoms with Crippen LogP contribution in [0, 0.1) is 5.92 Å². The molecule has 98 valence electrons. The summed E-state index contributed by atoms with van der Waals surface area (Å²) in [5.74, 6) is 0.389. The summed E-state index contributed by atoms with van der Waals surface area (Å²) in [6.45, 7) is 10.1. The fourth-order valence-electron chi connectivity index (χ4n) is 2.16. The predicted octanol–water partition coefficient (Wildman–Crippen LogP) is 4.09. The van der Waals surface area contributed by atoms with E-state index < -0.39 is 0 Å². The van der Waals surface area contributed by atoms with Gasteiger partial charge in [0, 0.05) is 19.0 Å². The van der Waals surface area contributed by atoms with E-state index in [2.05, 4.69) is 55.7 Å². The molecule has 1 rings (SSSR count). The molecule has 1 aromatic rings. The molecule has 0 aliphatic rings. The summed E-state index contributed by atoms with van der Waals surface area (Å²) in [5.41, 5.74) is 1.35. The second kappa shape index (κ2) is 8.04. The van der Waals surface area contributed by atoms with Crippen molar-refractivity contribution in [1.29, 1.82) is 0 Å². The molecule has 0 fully saturated rings. The summed E-state index contributed by atoms with van der Waals surface area (Å²) in [6.07, 6.45) is 3.93. The predicted molar refractivity (Wildman–Crippen MR) is 84.0 cm³/mol. The molecular formula is C16H23NS. The van der Waals surface area contributed by atoms with Crippen molar-refractivity contribution in [2.24, 2.45) is 5.92 Å². The quantitative estimate of drug-likeness (QED) is 0.537. The highest BCUT2D eigenvalue weighted by molar-refractivity contribution is 7.80. The van der Waals surface area contributed by atoms with Gasteiger partial charge in [0.2, 0.25) is 0 Å². The van der Waals surface area contributed by atoms with Crippen molar-refractivity contribution < 1.29 is 0 Å². The van der Waals surface area contributed by atoms with Gasteiger partial charge in [-0.25, -0.2) is 0 Å². The lowest BCUT2D eigenvalue weighted by Crippen LogP contribution is -2.35. The van der Waals surface area contributed by atoms with E-state index in [1.165, 1.54) is 5.56 Å². The molecule has 1 unspecified atom stereocenters. The smallest absolute Gasteiger partial charge is 0.0816 e. The lowest BCUT2D eigenvalue weighted by molar-refractivity contribution is 0.440. The molecule has 2 heteroatoms. The van der Waals surface area contributed by atoms with Crippen LogP contribution in [0.3, 0.4) is 0 Å². The first-order chi connectivity index (χ1) is 8.72. The van der Waals surface area contributed by atoms with Gasteiger partial charge in [0.15, 0.2) is 0 Å². The Labute approximate surface area is 117 Å². The first-order valence-electron chi connectivity index (χ1n) is 6.66. The standard InChI is InChI=1S/C16H23NS/c1-4-10-15(16(18)17(5-2)6-3)13-14-11-8-7-9-12-14/h4,7-9,11-12,15H,1,5-6,10,13H2,2-3H3. The number of nitrogens with zero attached hydrogens (tertiary/aromatic N) is 1. The maximum absolute atomic E-state index is 5.64. The van der Waals surface area contributed by atoms with Gasteiger partial charge in [-0.2, -0.15) is 0 Å². The maximum atomic E-state index is 5.64. The van der Waals surface area contributed by atoms with E-state index in [-0.39, 0.29) is 0 Å². The van der Waals surface area contributed by atoms with Gasteiger partial charge in [-0.3, -0.25) is 0 Å². The van der Waals surface area contributed by atoms with Gasteiger partial charge in [0.05, 0.1) is 4.99 Å². The molecule has 18 heavy (non-hydrogen) atoms. The Hall–Kier alpha value is -1.15. The maximum Gasteiger partial charge on any atom is 0.0816 e. The molecular weight excluding hydrogens is 238 g/mol. The Morgan fingerprint density at radius 2 is 1.89 bits per heavy atom. The molecule has 0 saturated carbocycles. The molecule has 0 spiro atoms. The minimum absolute atomic E-state index is 0.389. The number of allylic oxidation sites excluding steroid dienone is 1. The topological polar surface area (TPSA) is 3.24 Å². The van der Waals surface area contributed by atoms with E-state index in [0.29, 0.717) is 5.92 Å². The summed E-state index contributed by atoms with van der Waals surface area (Å²) in [6, 6.07) is 10.6. The van der Waals surface area contributed by atoms with Gasteiger partial charge in [-0.15, -0.1) is 6.58 Å². The van der Waals surface area contributed by atoms with Crippen LogP contribution in [0.4, 0.5) is 0 Å². The van der Waals surface area contributed by atoms with E-state index in [4.69, 9.17) is 12.2 Å². The highest BCUT2D eigenvalue weighted by Crippen LogP contribution is 2.17. The second-order valence-electron chi connectivity index (χ2n) is 4.42. The molecule has 0 aliphatic heterocycles. The Morgan fingerprint density at radius 1 is 1.28 bits per heavy atom. The molecule has 1 nitrogen and oxygen atoms in total. The van der Waals surface area contributed by atoms with Gasteiger partial charge in [0.25, 0.3) is 0 Å². The molecule has 0 aliphatic carbocycles. The van der Waals surface area contributed by atoms with Crippen molar-refractivity contribution in [3.05, 3.63) is 48.6 Å². The van der Waals surface area contributed by atoms with Crippen molar-refractivity contribution in [2.75, 3.05) is 13.1 Å². The molecule has 1 atom stereocenters. The van der Waals surface area contributed by atoms with Gasteiger partial charge in [-0.1, -0.05) is 48.6 Å². The molecule has 0 aromatic heterocycles. The molecule has 0 heterocycles. The first kappa shape index (κ1) is 14.9. The average molecular weight is 261 g/mol. The summed E-state index contributed by atoms with van der Waals surface area (Å²) < 4.78 is 0. The van der Waals surface area contributed by atoms with Crippen LogP contribution >= 0.6 is 12.2 Å². The lowest BCUT2D eigenvalue weighted by atomic mass is 9.95. The van der Waals surface area contributed by atoms with E-state index in [0.717, 1.165) is 30.9 Å². The Bertz CT molecular complexity index is 368. The van der Waals surface area contributed by atoms with Crippen LogP contribution < -0.4 is 0 Å². The zero-order valence-electron chi connectivity index (χ0n) is 11.4. The van der Waals surface area contributed by atoms with Gasteiger partial charge in [-0.05, 0) is 32.3 Å². The minimum atomic E-state index is 0.389. The minimum Gasteiger partial charge on any atom is -0.366 e. The molecule has 1 aromatic carbocycles. The molecule has 0 radical (unpaired) electrons. The number of hydrogen-bond donors (Lipinski definition) is 0. The Kier molecular flexibility index (Phi) is 6.66. The lowest BCUT2D eigenvalue weighted by Gasteiger charge is -2.28. The third-order valence-corrected chi connectivity index (χ3v) is 3.79. The Balaban J connectivity index is 2.76. The zero-order valence-corrected chi connectivity index (χ0v) is 12.2. The van der Waals surface area contributed by atoms with E-state index in [1.807, 2.05) is 6.08 Å². The van der Waals surface area contributed by atoms with Crippen molar-refractivity contribution >= 4 is 17.2 Å². The van der Waals surface area contributed by atoms with Crippen LogP contribution in [-0.2, 0) is 6.42 Å². The number of hydrogen-bond acceptors (Lipinski definition) is 1. The molecule has 0 saturated heterocycles. The van der Waals surface area contributed by atoms with Crippen molar-refractivity contribution in [2.45, 2.75) is 26.7 Å². The summed E-state index contributed by atoms with van der Waals surface area (Å²) in [7, 11) is 0. The SMILES string of the molecule is C=CCC(Cc1ccccc1)C(=S)N(CC)CC. The van der Waals surface area contributed by atoms with Gasteiger partial charge in [0.1, 0.15) is 0 Å². The largest absolute Gasteiger partial charge is 0.366 e. The summed E-state index contributed by atoms with van der Waals surface area (Å²) in [5, 5.41) is 0. The van der Waals surface area contributed by atoms with Crippen LogP contribution in [0.15, 0.2) is 43.0 Å². The van der Waals surface area contributed by atoms with E-state index in [1.54, 1.807) is 0 Å². The van der Waals surface area contributed by atoms with Crippen molar-refractivity contribution in [1.82, 2.24) is 4.90 Å². The van der Waals surface area contributed by atoms with Crippen LogP contribution in [0.2, 0.25) is 0 Å². The molecule has 0 N–H and O–H groups in total. The molecule has 0 bridgehead atoms. The van der Waals surface area contributed by atoms with E-state index >= 15 is 0 Å². The van der Waals surface area contributed by atoms with Crippen LogP contribution in [0.5, 0.6) is 0 Å². The van der Waals surface area contributed by atoms with Crippen molar-refractivity contribution in [3.8, 4) is 0 Å². The first-order valence-corrected chi connectivity index (χ1v) is 7.07. The van der Waals surface area contributed by atoms with Crippen molar-refractivity contribution in [3.63, 3.8) is 0 Å². The fourth-order valence-corrected chi connectivity index (χ4v) is 2.60. The highest BCUT2D eigenvalue weighted by Gasteiger charge is 2.17. The number of thiocarbonyl (C=S) groups is 1.